The summed E-state index contributed by atoms with van der Waals surface area (Å²) in [4.78, 5) is 12.2. The number of hydrogen-bond acceptors (Lipinski definition) is 3. The standard InChI is InChI=1S/C20H25NO2S/c1-20(2,13-16-7-5-4-6-8-16)21-19(22)15-24-14-17-9-11-18(23-3)12-10-17/h4-12H,13-15H2,1-3H3,(H,21,22). The first-order valence-electron chi connectivity index (χ1n) is 8.04. The van der Waals surface area contributed by atoms with Gasteiger partial charge in [-0.15, -0.1) is 11.8 Å². The molecule has 0 unspecified atom stereocenters. The highest BCUT2D eigenvalue weighted by molar-refractivity contribution is 7.99. The second kappa shape index (κ2) is 8.78. The van der Waals surface area contributed by atoms with Gasteiger partial charge in [-0.05, 0) is 43.5 Å². The zero-order valence-corrected chi connectivity index (χ0v) is 15.4. The smallest absolute Gasteiger partial charge is 0.230 e. The fourth-order valence-electron chi connectivity index (χ4n) is 2.55. The molecule has 0 aliphatic heterocycles. The number of thioether (sulfide) groups is 1. The van der Waals surface area contributed by atoms with Crippen molar-refractivity contribution < 1.29 is 9.53 Å². The Morgan fingerprint density at radius 1 is 1.04 bits per heavy atom. The summed E-state index contributed by atoms with van der Waals surface area (Å²) < 4.78 is 5.14. The molecule has 0 aliphatic carbocycles. The van der Waals surface area contributed by atoms with E-state index in [0.29, 0.717) is 5.75 Å². The molecule has 0 saturated carbocycles. The fourth-order valence-corrected chi connectivity index (χ4v) is 3.33. The van der Waals surface area contributed by atoms with Crippen molar-refractivity contribution in [3.63, 3.8) is 0 Å². The van der Waals surface area contributed by atoms with E-state index in [4.69, 9.17) is 4.74 Å². The lowest BCUT2D eigenvalue weighted by molar-refractivity contribution is -0.120. The van der Waals surface area contributed by atoms with Crippen LogP contribution in [0.4, 0.5) is 0 Å². The number of carbonyl (C=O) groups is 1. The molecule has 3 nitrogen and oxygen atoms in total. The van der Waals surface area contributed by atoms with Crippen LogP contribution in [0.2, 0.25) is 0 Å². The van der Waals surface area contributed by atoms with E-state index in [9.17, 15) is 4.79 Å². The van der Waals surface area contributed by atoms with Crippen molar-refractivity contribution in [2.45, 2.75) is 31.6 Å². The number of hydrogen-bond donors (Lipinski definition) is 1. The Bertz CT molecular complexity index is 638. The lowest BCUT2D eigenvalue weighted by atomic mass is 9.95. The number of ether oxygens (including phenoxy) is 1. The predicted octanol–water partition coefficient (Wildman–Crippen LogP) is 4.07. The van der Waals surface area contributed by atoms with Crippen LogP contribution in [0.5, 0.6) is 5.75 Å². The Morgan fingerprint density at radius 3 is 2.33 bits per heavy atom. The van der Waals surface area contributed by atoms with E-state index in [1.54, 1.807) is 18.9 Å². The van der Waals surface area contributed by atoms with Crippen LogP contribution in [0.3, 0.4) is 0 Å². The van der Waals surface area contributed by atoms with Crippen LogP contribution >= 0.6 is 11.8 Å². The molecule has 2 rings (SSSR count). The van der Waals surface area contributed by atoms with Gasteiger partial charge in [0.25, 0.3) is 0 Å². The monoisotopic (exact) mass is 343 g/mol. The van der Waals surface area contributed by atoms with Gasteiger partial charge in [-0.2, -0.15) is 0 Å². The number of methoxy groups -OCH3 is 1. The van der Waals surface area contributed by atoms with Crippen LogP contribution in [0.15, 0.2) is 54.6 Å². The number of amides is 1. The van der Waals surface area contributed by atoms with Crippen LogP contribution < -0.4 is 10.1 Å². The minimum atomic E-state index is -0.251. The van der Waals surface area contributed by atoms with E-state index >= 15 is 0 Å². The third-order valence-electron chi connectivity index (χ3n) is 3.63. The first-order valence-corrected chi connectivity index (χ1v) is 9.19. The average molecular weight is 343 g/mol. The van der Waals surface area contributed by atoms with Crippen LogP contribution in [-0.4, -0.2) is 24.3 Å². The Hall–Kier alpha value is -1.94. The summed E-state index contributed by atoms with van der Waals surface area (Å²) in [5.41, 5.74) is 2.17. The first-order chi connectivity index (χ1) is 11.5. The maximum absolute atomic E-state index is 12.2. The summed E-state index contributed by atoms with van der Waals surface area (Å²) in [5, 5.41) is 3.13. The van der Waals surface area contributed by atoms with E-state index in [-0.39, 0.29) is 11.4 Å². The third-order valence-corrected chi connectivity index (χ3v) is 4.63. The molecule has 2 aromatic rings. The van der Waals surface area contributed by atoms with Crippen LogP contribution in [0.1, 0.15) is 25.0 Å². The maximum Gasteiger partial charge on any atom is 0.230 e. The lowest BCUT2D eigenvalue weighted by Crippen LogP contribution is -2.45. The van der Waals surface area contributed by atoms with Gasteiger partial charge in [0.05, 0.1) is 12.9 Å². The molecule has 2 aromatic carbocycles. The van der Waals surface area contributed by atoms with Gasteiger partial charge >= 0.3 is 0 Å². The highest BCUT2D eigenvalue weighted by atomic mass is 32.2. The normalized spacial score (nSPS) is 11.1. The van der Waals surface area contributed by atoms with Crippen molar-refractivity contribution in [2.24, 2.45) is 0 Å². The summed E-state index contributed by atoms with van der Waals surface area (Å²) in [5.74, 6) is 2.21. The summed E-state index contributed by atoms with van der Waals surface area (Å²) in [7, 11) is 1.66. The molecule has 128 valence electrons. The quantitative estimate of drug-likeness (QED) is 0.785. The van der Waals surface area contributed by atoms with Crippen molar-refractivity contribution in [3.05, 3.63) is 65.7 Å². The van der Waals surface area contributed by atoms with Gasteiger partial charge in [0.2, 0.25) is 5.91 Å². The SMILES string of the molecule is COc1ccc(CSCC(=O)NC(C)(C)Cc2ccccc2)cc1. The fraction of sp³-hybridized carbons (Fsp3) is 0.350. The molecule has 24 heavy (non-hydrogen) atoms. The number of carbonyl (C=O) groups excluding carboxylic acids is 1. The lowest BCUT2D eigenvalue weighted by Gasteiger charge is -2.26. The molecule has 1 amide bonds. The molecule has 0 atom stereocenters. The Balaban J connectivity index is 1.75. The minimum Gasteiger partial charge on any atom is -0.497 e. The molecule has 0 saturated heterocycles. The summed E-state index contributed by atoms with van der Waals surface area (Å²) in [6.07, 6.45) is 0.822. The summed E-state index contributed by atoms with van der Waals surface area (Å²) >= 11 is 1.62. The van der Waals surface area contributed by atoms with Gasteiger partial charge in [0.1, 0.15) is 5.75 Å². The number of rotatable bonds is 8. The van der Waals surface area contributed by atoms with Crippen molar-refractivity contribution in [1.29, 1.82) is 0 Å². The number of benzene rings is 2. The molecule has 4 heteroatoms. The Kier molecular flexibility index (Phi) is 6.73. The topological polar surface area (TPSA) is 38.3 Å². The second-order valence-electron chi connectivity index (χ2n) is 6.44. The van der Waals surface area contributed by atoms with Gasteiger partial charge in [-0.3, -0.25) is 4.79 Å². The summed E-state index contributed by atoms with van der Waals surface area (Å²) in [6.45, 7) is 4.12. The van der Waals surface area contributed by atoms with Crippen LogP contribution in [-0.2, 0) is 17.0 Å². The van der Waals surface area contributed by atoms with Gasteiger partial charge in [-0.25, -0.2) is 0 Å². The second-order valence-corrected chi connectivity index (χ2v) is 7.42. The zero-order valence-electron chi connectivity index (χ0n) is 14.5. The molecular formula is C20H25NO2S. The minimum absolute atomic E-state index is 0.0782. The summed E-state index contributed by atoms with van der Waals surface area (Å²) in [6, 6.07) is 18.2. The van der Waals surface area contributed by atoms with E-state index in [2.05, 4.69) is 31.3 Å². The molecule has 1 N–H and O–H groups in total. The van der Waals surface area contributed by atoms with Crippen molar-refractivity contribution in [1.82, 2.24) is 5.32 Å². The predicted molar refractivity (Wildman–Crippen MR) is 102 cm³/mol. The molecule has 0 radical (unpaired) electrons. The van der Waals surface area contributed by atoms with E-state index in [1.807, 2.05) is 42.5 Å². The largest absolute Gasteiger partial charge is 0.497 e. The van der Waals surface area contributed by atoms with Gasteiger partial charge in [-0.1, -0.05) is 42.5 Å². The van der Waals surface area contributed by atoms with E-state index < -0.39 is 0 Å². The van der Waals surface area contributed by atoms with Gasteiger partial charge in [0, 0.05) is 11.3 Å². The van der Waals surface area contributed by atoms with Crippen molar-refractivity contribution in [3.8, 4) is 5.75 Å². The number of nitrogens with one attached hydrogen (secondary N) is 1. The highest BCUT2D eigenvalue weighted by Crippen LogP contribution is 2.17. The Morgan fingerprint density at radius 2 is 1.71 bits per heavy atom. The van der Waals surface area contributed by atoms with Crippen LogP contribution in [0, 0.1) is 0 Å². The average Bonchev–Trinajstić information content (AvgIpc) is 2.55. The molecule has 0 aromatic heterocycles. The third kappa shape index (κ3) is 6.28. The van der Waals surface area contributed by atoms with Crippen molar-refractivity contribution >= 4 is 17.7 Å². The van der Waals surface area contributed by atoms with E-state index in [0.717, 1.165) is 17.9 Å². The molecular weight excluding hydrogens is 318 g/mol. The van der Waals surface area contributed by atoms with Crippen molar-refractivity contribution in [2.75, 3.05) is 12.9 Å². The molecule has 0 fully saturated rings. The molecule has 0 spiro atoms. The zero-order chi connectivity index (χ0) is 17.4. The molecule has 0 heterocycles. The van der Waals surface area contributed by atoms with Gasteiger partial charge in [0.15, 0.2) is 0 Å². The molecule has 0 bridgehead atoms. The van der Waals surface area contributed by atoms with E-state index in [1.165, 1.54) is 11.1 Å². The Labute approximate surface area is 148 Å². The highest BCUT2D eigenvalue weighted by Gasteiger charge is 2.20. The first kappa shape index (κ1) is 18.4. The molecule has 0 aliphatic rings. The maximum atomic E-state index is 12.2. The van der Waals surface area contributed by atoms with Crippen LogP contribution in [0.25, 0.3) is 0 Å². The van der Waals surface area contributed by atoms with Gasteiger partial charge < -0.3 is 10.1 Å².